The number of ether oxygens (including phenoxy) is 2. The van der Waals surface area contributed by atoms with Crippen LogP contribution in [0.4, 0.5) is 0 Å². The summed E-state index contributed by atoms with van der Waals surface area (Å²) in [4.78, 5) is 11.3. The molecule has 0 N–H and O–H groups in total. The van der Waals surface area contributed by atoms with Crippen molar-refractivity contribution in [3.05, 3.63) is 46.4 Å². The summed E-state index contributed by atoms with van der Waals surface area (Å²) in [5.74, 6) is 1.21. The van der Waals surface area contributed by atoms with Crippen molar-refractivity contribution < 1.29 is 14.3 Å². The Kier molecular flexibility index (Phi) is 4.22. The van der Waals surface area contributed by atoms with Crippen LogP contribution >= 0.6 is 15.9 Å². The molecule has 98 valence electrons. The van der Waals surface area contributed by atoms with E-state index >= 15 is 0 Å². The minimum absolute atomic E-state index is 0.536. The van der Waals surface area contributed by atoms with Crippen LogP contribution in [-0.2, 0) is 0 Å². The van der Waals surface area contributed by atoms with Crippen molar-refractivity contribution in [1.29, 1.82) is 0 Å². The van der Waals surface area contributed by atoms with Crippen LogP contribution in [-0.4, -0.2) is 20.5 Å². The van der Waals surface area contributed by atoms with Crippen LogP contribution in [0.3, 0.4) is 0 Å². The smallest absolute Gasteiger partial charge is 0.150 e. The summed E-state index contributed by atoms with van der Waals surface area (Å²) in [6, 6.07) is 11.2. The van der Waals surface area contributed by atoms with Gasteiger partial charge < -0.3 is 9.47 Å². The van der Waals surface area contributed by atoms with E-state index in [0.717, 1.165) is 21.9 Å². The summed E-state index contributed by atoms with van der Waals surface area (Å²) >= 11 is 3.43. The van der Waals surface area contributed by atoms with E-state index in [4.69, 9.17) is 9.47 Å². The summed E-state index contributed by atoms with van der Waals surface area (Å²) in [6.07, 6.45) is 0.807. The Morgan fingerprint density at radius 2 is 1.89 bits per heavy atom. The molecule has 0 aliphatic rings. The molecule has 0 fully saturated rings. The normalized spacial score (nSPS) is 10.1. The maximum absolute atomic E-state index is 11.3. The molecule has 2 aromatic carbocycles. The second-order valence-corrected chi connectivity index (χ2v) is 4.84. The fourth-order valence-electron chi connectivity index (χ4n) is 1.94. The van der Waals surface area contributed by atoms with E-state index in [0.29, 0.717) is 17.1 Å². The maximum Gasteiger partial charge on any atom is 0.150 e. The second-order valence-electron chi connectivity index (χ2n) is 3.92. The largest absolute Gasteiger partial charge is 0.497 e. The molecule has 0 aromatic heterocycles. The predicted molar refractivity (Wildman–Crippen MR) is 78.1 cm³/mol. The lowest BCUT2D eigenvalue weighted by atomic mass is 9.99. The van der Waals surface area contributed by atoms with Gasteiger partial charge in [0.15, 0.2) is 6.29 Å². The van der Waals surface area contributed by atoms with Crippen LogP contribution in [0.15, 0.2) is 40.9 Å². The predicted octanol–water partition coefficient (Wildman–Crippen LogP) is 3.95. The van der Waals surface area contributed by atoms with Crippen molar-refractivity contribution in [2.24, 2.45) is 0 Å². The Morgan fingerprint density at radius 1 is 1.11 bits per heavy atom. The molecule has 0 heterocycles. The number of carbonyl (C=O) groups is 1. The van der Waals surface area contributed by atoms with Crippen molar-refractivity contribution in [2.75, 3.05) is 14.2 Å². The maximum atomic E-state index is 11.3. The van der Waals surface area contributed by atoms with E-state index in [1.165, 1.54) is 0 Å². The summed E-state index contributed by atoms with van der Waals surface area (Å²) in [5.41, 5.74) is 2.21. The van der Waals surface area contributed by atoms with Crippen LogP contribution in [0.2, 0.25) is 0 Å². The molecule has 0 atom stereocenters. The number of benzene rings is 2. The third-order valence-corrected chi connectivity index (χ3v) is 3.30. The zero-order valence-electron chi connectivity index (χ0n) is 10.6. The molecule has 0 aliphatic carbocycles. The third kappa shape index (κ3) is 2.79. The molecular formula is C15H13BrO3. The summed E-state index contributed by atoms with van der Waals surface area (Å²) < 4.78 is 11.5. The lowest BCUT2D eigenvalue weighted by Gasteiger charge is -2.13. The van der Waals surface area contributed by atoms with Gasteiger partial charge in [-0.3, -0.25) is 4.79 Å². The zero-order chi connectivity index (χ0) is 13.8. The first kappa shape index (κ1) is 13.6. The van der Waals surface area contributed by atoms with Gasteiger partial charge in [0.05, 0.1) is 14.2 Å². The van der Waals surface area contributed by atoms with Crippen LogP contribution < -0.4 is 9.47 Å². The highest BCUT2D eigenvalue weighted by atomic mass is 79.9. The van der Waals surface area contributed by atoms with Gasteiger partial charge in [0.25, 0.3) is 0 Å². The van der Waals surface area contributed by atoms with Gasteiger partial charge in [0, 0.05) is 21.7 Å². The molecule has 0 saturated heterocycles. The Hall–Kier alpha value is -1.81. The monoisotopic (exact) mass is 320 g/mol. The van der Waals surface area contributed by atoms with Gasteiger partial charge in [-0.05, 0) is 23.8 Å². The van der Waals surface area contributed by atoms with Crippen molar-refractivity contribution >= 4 is 22.2 Å². The van der Waals surface area contributed by atoms with Crippen molar-refractivity contribution in [2.45, 2.75) is 0 Å². The van der Waals surface area contributed by atoms with Gasteiger partial charge in [0.2, 0.25) is 0 Å². The minimum atomic E-state index is 0.536. The number of hydrogen-bond acceptors (Lipinski definition) is 3. The number of aldehydes is 1. The lowest BCUT2D eigenvalue weighted by Crippen LogP contribution is -1.96. The molecule has 0 bridgehead atoms. The van der Waals surface area contributed by atoms with E-state index < -0.39 is 0 Å². The SMILES string of the molecule is COc1cc(C=O)c(-c2cccc(Br)c2)c(OC)c1. The summed E-state index contributed by atoms with van der Waals surface area (Å²) in [7, 11) is 3.13. The molecule has 0 unspecified atom stereocenters. The minimum Gasteiger partial charge on any atom is -0.497 e. The van der Waals surface area contributed by atoms with Crippen LogP contribution in [0.1, 0.15) is 10.4 Å². The Balaban J connectivity index is 2.70. The van der Waals surface area contributed by atoms with Gasteiger partial charge in [-0.1, -0.05) is 28.1 Å². The summed E-state index contributed by atoms with van der Waals surface area (Å²) in [6.45, 7) is 0. The lowest BCUT2D eigenvalue weighted by molar-refractivity contribution is 0.112. The molecule has 19 heavy (non-hydrogen) atoms. The molecule has 2 rings (SSSR count). The molecule has 0 aliphatic heterocycles. The van der Waals surface area contributed by atoms with E-state index in [-0.39, 0.29) is 0 Å². The highest BCUT2D eigenvalue weighted by molar-refractivity contribution is 9.10. The first-order valence-electron chi connectivity index (χ1n) is 5.66. The number of carbonyl (C=O) groups excluding carboxylic acids is 1. The average molecular weight is 321 g/mol. The Labute approximate surface area is 120 Å². The topological polar surface area (TPSA) is 35.5 Å². The van der Waals surface area contributed by atoms with E-state index in [2.05, 4.69) is 15.9 Å². The number of rotatable bonds is 4. The van der Waals surface area contributed by atoms with E-state index in [1.807, 2.05) is 24.3 Å². The van der Waals surface area contributed by atoms with Gasteiger partial charge in [-0.2, -0.15) is 0 Å². The number of hydrogen-bond donors (Lipinski definition) is 0. The van der Waals surface area contributed by atoms with Gasteiger partial charge >= 0.3 is 0 Å². The van der Waals surface area contributed by atoms with Crippen LogP contribution in [0.25, 0.3) is 11.1 Å². The molecule has 2 aromatic rings. The molecule has 0 amide bonds. The Bertz CT molecular complexity index is 608. The second kappa shape index (κ2) is 5.89. The number of halogens is 1. The van der Waals surface area contributed by atoms with Gasteiger partial charge in [-0.15, -0.1) is 0 Å². The fourth-order valence-corrected chi connectivity index (χ4v) is 2.33. The first-order chi connectivity index (χ1) is 9.19. The molecule has 0 saturated carbocycles. The molecular weight excluding hydrogens is 308 g/mol. The third-order valence-electron chi connectivity index (χ3n) is 2.80. The first-order valence-corrected chi connectivity index (χ1v) is 6.46. The molecule has 0 radical (unpaired) electrons. The van der Waals surface area contributed by atoms with Gasteiger partial charge in [-0.25, -0.2) is 0 Å². The molecule has 3 nitrogen and oxygen atoms in total. The Morgan fingerprint density at radius 3 is 2.47 bits per heavy atom. The van der Waals surface area contributed by atoms with Crippen molar-refractivity contribution in [1.82, 2.24) is 0 Å². The molecule has 0 spiro atoms. The van der Waals surface area contributed by atoms with Crippen LogP contribution in [0.5, 0.6) is 11.5 Å². The van der Waals surface area contributed by atoms with E-state index in [9.17, 15) is 4.79 Å². The van der Waals surface area contributed by atoms with Gasteiger partial charge in [0.1, 0.15) is 11.5 Å². The van der Waals surface area contributed by atoms with Crippen LogP contribution in [0, 0.1) is 0 Å². The quantitative estimate of drug-likeness (QED) is 0.800. The van der Waals surface area contributed by atoms with E-state index in [1.54, 1.807) is 26.4 Å². The zero-order valence-corrected chi connectivity index (χ0v) is 12.2. The van der Waals surface area contributed by atoms with Crippen molar-refractivity contribution in [3.8, 4) is 22.6 Å². The number of methoxy groups -OCH3 is 2. The highest BCUT2D eigenvalue weighted by Gasteiger charge is 2.14. The fraction of sp³-hybridized carbons (Fsp3) is 0.133. The average Bonchev–Trinajstić information content (AvgIpc) is 2.45. The standard InChI is InChI=1S/C15H13BrO3/c1-18-13-7-11(9-17)15(14(8-13)19-2)10-4-3-5-12(16)6-10/h3-9H,1-2H3. The molecule has 4 heteroatoms. The summed E-state index contributed by atoms with van der Waals surface area (Å²) in [5, 5.41) is 0. The van der Waals surface area contributed by atoms with Crippen molar-refractivity contribution in [3.63, 3.8) is 0 Å². The highest BCUT2D eigenvalue weighted by Crippen LogP contribution is 2.37.